The highest BCUT2D eigenvalue weighted by atomic mass is 35.5. The van der Waals surface area contributed by atoms with E-state index in [4.69, 9.17) is 16.7 Å². The number of nitrogens with zero attached hydrogens (tertiary/aromatic N) is 2. The van der Waals surface area contributed by atoms with Gasteiger partial charge in [0.25, 0.3) is 0 Å². The zero-order valence-electron chi connectivity index (χ0n) is 14.1. The van der Waals surface area contributed by atoms with Crippen molar-refractivity contribution in [1.82, 2.24) is 15.1 Å². The Kier molecular flexibility index (Phi) is 6.45. The fourth-order valence-corrected chi connectivity index (χ4v) is 3.13. The van der Waals surface area contributed by atoms with Crippen LogP contribution in [-0.2, 0) is 17.8 Å². The fraction of sp³-hybridized carbons (Fsp3) is 0.529. The first-order chi connectivity index (χ1) is 11.4. The van der Waals surface area contributed by atoms with Crippen LogP contribution in [0, 0.1) is 5.92 Å². The maximum atomic E-state index is 12.0. The summed E-state index contributed by atoms with van der Waals surface area (Å²) >= 11 is 6.21. The summed E-state index contributed by atoms with van der Waals surface area (Å²) in [6.45, 7) is 4.80. The fourth-order valence-electron chi connectivity index (χ4n) is 2.84. The summed E-state index contributed by atoms with van der Waals surface area (Å²) in [5.74, 6) is -1.48. The monoisotopic (exact) mass is 353 g/mol. The topological polar surface area (TPSA) is 72.9 Å². The average Bonchev–Trinajstić information content (AvgIpc) is 2.54. The first-order valence-corrected chi connectivity index (χ1v) is 8.46. The maximum absolute atomic E-state index is 12.0. The molecule has 132 valence electrons. The standard InChI is InChI=1S/C17H24ClN3O3/c1-12(16(22)23)10-20(2)17(24)19-7-9-21-8-6-14-13(11-21)4-3-5-15(14)18/h3-5,12H,6-11H2,1-2H3,(H,19,24)(H,22,23). The Morgan fingerprint density at radius 2 is 2.21 bits per heavy atom. The van der Waals surface area contributed by atoms with Crippen molar-refractivity contribution in [2.75, 3.05) is 33.2 Å². The summed E-state index contributed by atoms with van der Waals surface area (Å²) in [4.78, 5) is 26.5. The molecule has 2 rings (SSSR count). The minimum Gasteiger partial charge on any atom is -0.481 e. The molecule has 1 aliphatic heterocycles. The molecule has 0 saturated heterocycles. The van der Waals surface area contributed by atoms with Crippen LogP contribution >= 0.6 is 11.6 Å². The van der Waals surface area contributed by atoms with Crippen LogP contribution in [-0.4, -0.2) is 60.1 Å². The van der Waals surface area contributed by atoms with E-state index < -0.39 is 11.9 Å². The highest BCUT2D eigenvalue weighted by Gasteiger charge is 2.19. The average molecular weight is 354 g/mol. The van der Waals surface area contributed by atoms with Crippen LogP contribution in [0.5, 0.6) is 0 Å². The van der Waals surface area contributed by atoms with Crippen molar-refractivity contribution in [3.63, 3.8) is 0 Å². The van der Waals surface area contributed by atoms with E-state index in [-0.39, 0.29) is 12.6 Å². The van der Waals surface area contributed by atoms with Crippen molar-refractivity contribution in [2.45, 2.75) is 19.9 Å². The van der Waals surface area contributed by atoms with Crippen LogP contribution in [0.4, 0.5) is 4.79 Å². The minimum absolute atomic E-state index is 0.191. The second kappa shape index (κ2) is 8.35. The molecule has 1 aromatic carbocycles. The molecule has 1 unspecified atom stereocenters. The van der Waals surface area contributed by atoms with E-state index in [0.29, 0.717) is 6.54 Å². The van der Waals surface area contributed by atoms with Gasteiger partial charge in [0, 0.05) is 44.8 Å². The predicted octanol–water partition coefficient (Wildman–Crippen LogP) is 2.06. The number of rotatable bonds is 6. The van der Waals surface area contributed by atoms with E-state index in [1.165, 1.54) is 16.0 Å². The Morgan fingerprint density at radius 1 is 1.46 bits per heavy atom. The van der Waals surface area contributed by atoms with Crippen molar-refractivity contribution in [1.29, 1.82) is 0 Å². The predicted molar refractivity (Wildman–Crippen MR) is 93.3 cm³/mol. The summed E-state index contributed by atoms with van der Waals surface area (Å²) in [7, 11) is 1.61. The molecule has 0 spiro atoms. The number of carboxylic acid groups (broad SMARTS) is 1. The number of halogens is 1. The summed E-state index contributed by atoms with van der Waals surface area (Å²) in [6, 6.07) is 5.73. The molecule has 0 fully saturated rings. The number of aliphatic carboxylic acids is 1. The van der Waals surface area contributed by atoms with Crippen LogP contribution < -0.4 is 5.32 Å². The zero-order valence-corrected chi connectivity index (χ0v) is 14.8. The number of amides is 2. The summed E-state index contributed by atoms with van der Waals surface area (Å²) in [5.41, 5.74) is 2.47. The molecule has 0 radical (unpaired) electrons. The van der Waals surface area contributed by atoms with Crippen molar-refractivity contribution in [3.8, 4) is 0 Å². The number of hydrogen-bond acceptors (Lipinski definition) is 3. The van der Waals surface area contributed by atoms with Gasteiger partial charge < -0.3 is 15.3 Å². The van der Waals surface area contributed by atoms with Gasteiger partial charge in [-0.25, -0.2) is 4.79 Å². The number of urea groups is 1. The third kappa shape index (κ3) is 4.85. The van der Waals surface area contributed by atoms with Gasteiger partial charge in [-0.15, -0.1) is 0 Å². The van der Waals surface area contributed by atoms with Gasteiger partial charge in [0.2, 0.25) is 0 Å². The van der Waals surface area contributed by atoms with Gasteiger partial charge in [0.1, 0.15) is 0 Å². The van der Waals surface area contributed by atoms with E-state index in [1.807, 2.05) is 12.1 Å². The number of hydrogen-bond donors (Lipinski definition) is 2. The van der Waals surface area contributed by atoms with E-state index >= 15 is 0 Å². The molecule has 0 aliphatic carbocycles. The van der Waals surface area contributed by atoms with E-state index in [2.05, 4.69) is 16.3 Å². The van der Waals surface area contributed by atoms with Gasteiger partial charge in [0.05, 0.1) is 5.92 Å². The molecule has 2 amide bonds. The van der Waals surface area contributed by atoms with Crippen LogP contribution in [0.15, 0.2) is 18.2 Å². The van der Waals surface area contributed by atoms with Gasteiger partial charge in [-0.05, 0) is 23.6 Å². The van der Waals surface area contributed by atoms with Crippen molar-refractivity contribution >= 4 is 23.6 Å². The smallest absolute Gasteiger partial charge is 0.317 e. The third-order valence-electron chi connectivity index (χ3n) is 4.31. The Morgan fingerprint density at radius 3 is 2.92 bits per heavy atom. The van der Waals surface area contributed by atoms with Crippen molar-refractivity contribution in [3.05, 3.63) is 34.3 Å². The van der Waals surface area contributed by atoms with E-state index in [9.17, 15) is 9.59 Å². The number of carboxylic acids is 1. The molecule has 7 heteroatoms. The number of nitrogens with one attached hydrogen (secondary N) is 1. The number of carbonyl (C=O) groups is 2. The lowest BCUT2D eigenvalue weighted by molar-refractivity contribution is -0.141. The highest BCUT2D eigenvalue weighted by molar-refractivity contribution is 6.31. The first-order valence-electron chi connectivity index (χ1n) is 8.09. The van der Waals surface area contributed by atoms with Gasteiger partial charge in [-0.1, -0.05) is 30.7 Å². The Hall–Kier alpha value is -1.79. The largest absolute Gasteiger partial charge is 0.481 e. The van der Waals surface area contributed by atoms with Gasteiger partial charge in [0.15, 0.2) is 0 Å². The molecule has 1 aromatic rings. The van der Waals surface area contributed by atoms with Crippen LogP contribution in [0.2, 0.25) is 5.02 Å². The zero-order chi connectivity index (χ0) is 17.7. The Bertz CT molecular complexity index is 609. The third-order valence-corrected chi connectivity index (χ3v) is 4.66. The second-order valence-electron chi connectivity index (χ2n) is 6.26. The molecule has 24 heavy (non-hydrogen) atoms. The van der Waals surface area contributed by atoms with Gasteiger partial charge >= 0.3 is 12.0 Å². The minimum atomic E-state index is -0.903. The Labute approximate surface area is 147 Å². The van der Waals surface area contributed by atoms with Crippen molar-refractivity contribution in [2.24, 2.45) is 5.92 Å². The lowest BCUT2D eigenvalue weighted by atomic mass is 10.00. The van der Waals surface area contributed by atoms with Gasteiger partial charge in [-0.2, -0.15) is 0 Å². The first kappa shape index (κ1) is 18.5. The molecular formula is C17H24ClN3O3. The summed E-state index contributed by atoms with van der Waals surface area (Å²) in [6.07, 6.45) is 0.916. The molecule has 2 N–H and O–H groups in total. The molecule has 0 aromatic heterocycles. The number of carbonyl (C=O) groups excluding carboxylic acids is 1. The number of fused-ring (bicyclic) bond motifs is 1. The second-order valence-corrected chi connectivity index (χ2v) is 6.66. The SMILES string of the molecule is CC(CN(C)C(=O)NCCN1CCc2c(Cl)cccc2C1)C(=O)O. The molecule has 1 atom stereocenters. The van der Waals surface area contributed by atoms with E-state index in [1.54, 1.807) is 14.0 Å². The normalized spacial score (nSPS) is 15.5. The molecule has 6 nitrogen and oxygen atoms in total. The van der Waals surface area contributed by atoms with Gasteiger partial charge in [-0.3, -0.25) is 9.69 Å². The molecule has 1 aliphatic rings. The summed E-state index contributed by atoms with van der Waals surface area (Å²) < 4.78 is 0. The Balaban J connectivity index is 1.75. The van der Waals surface area contributed by atoms with Crippen LogP contribution in [0.3, 0.4) is 0 Å². The van der Waals surface area contributed by atoms with E-state index in [0.717, 1.165) is 31.1 Å². The maximum Gasteiger partial charge on any atom is 0.317 e. The summed E-state index contributed by atoms with van der Waals surface area (Å²) in [5, 5.41) is 12.5. The highest BCUT2D eigenvalue weighted by Crippen LogP contribution is 2.25. The lowest BCUT2D eigenvalue weighted by Gasteiger charge is -2.29. The molecular weight excluding hydrogens is 330 g/mol. The number of benzene rings is 1. The molecule has 0 saturated carbocycles. The van der Waals surface area contributed by atoms with Crippen LogP contribution in [0.25, 0.3) is 0 Å². The van der Waals surface area contributed by atoms with Crippen LogP contribution in [0.1, 0.15) is 18.1 Å². The molecule has 0 bridgehead atoms. The quantitative estimate of drug-likeness (QED) is 0.821. The van der Waals surface area contributed by atoms with Crippen molar-refractivity contribution < 1.29 is 14.7 Å². The lowest BCUT2D eigenvalue weighted by Crippen LogP contribution is -2.44. The molecule has 1 heterocycles.